The Labute approximate surface area is 134 Å². The predicted octanol–water partition coefficient (Wildman–Crippen LogP) is 6.03. The molecule has 0 N–H and O–H groups in total. The van der Waals surface area contributed by atoms with Gasteiger partial charge < -0.3 is 4.74 Å². The summed E-state index contributed by atoms with van der Waals surface area (Å²) in [4.78, 5) is 0. The summed E-state index contributed by atoms with van der Waals surface area (Å²) in [6.45, 7) is 3.98. The first kappa shape index (κ1) is 16.7. The van der Waals surface area contributed by atoms with Gasteiger partial charge in [0.25, 0.3) is 0 Å². The van der Waals surface area contributed by atoms with Gasteiger partial charge in [-0.15, -0.1) is 0 Å². The molecule has 3 fully saturated rings. The second-order valence-corrected chi connectivity index (χ2v) is 8.39. The van der Waals surface area contributed by atoms with Gasteiger partial charge in [0.15, 0.2) is 0 Å². The first-order valence-corrected chi connectivity index (χ1v) is 9.51. The van der Waals surface area contributed by atoms with Gasteiger partial charge in [-0.3, -0.25) is 0 Å². The average molecular weight is 314 g/mol. The highest BCUT2D eigenvalue weighted by molar-refractivity contribution is 4.86. The van der Waals surface area contributed by atoms with E-state index in [1.807, 2.05) is 0 Å². The predicted molar refractivity (Wildman–Crippen MR) is 84.8 cm³/mol. The van der Waals surface area contributed by atoms with Crippen LogP contribution in [-0.2, 0) is 4.74 Å². The van der Waals surface area contributed by atoms with Crippen molar-refractivity contribution in [2.45, 2.75) is 90.3 Å². The van der Waals surface area contributed by atoms with Gasteiger partial charge in [0.2, 0.25) is 0 Å². The van der Waals surface area contributed by atoms with Crippen molar-refractivity contribution < 1.29 is 13.5 Å². The number of hydrogen-bond acceptors (Lipinski definition) is 1. The van der Waals surface area contributed by atoms with E-state index in [0.29, 0.717) is 12.3 Å². The van der Waals surface area contributed by atoms with E-state index in [0.717, 1.165) is 37.0 Å². The van der Waals surface area contributed by atoms with Crippen LogP contribution in [0.1, 0.15) is 78.1 Å². The molecule has 0 radical (unpaired) electrons. The molecule has 2 atom stereocenters. The Bertz CT molecular complexity index is 354. The van der Waals surface area contributed by atoms with Gasteiger partial charge in [-0.25, -0.2) is 0 Å². The zero-order valence-electron chi connectivity index (χ0n) is 14.2. The van der Waals surface area contributed by atoms with Crippen molar-refractivity contribution in [3.63, 3.8) is 0 Å². The molecule has 128 valence electrons. The van der Waals surface area contributed by atoms with Crippen molar-refractivity contribution in [1.82, 2.24) is 0 Å². The molecule has 1 heterocycles. The summed E-state index contributed by atoms with van der Waals surface area (Å²) in [5, 5.41) is 0. The lowest BCUT2D eigenvalue weighted by Gasteiger charge is -2.42. The lowest BCUT2D eigenvalue weighted by atomic mass is 9.68. The molecule has 0 spiro atoms. The second-order valence-electron chi connectivity index (χ2n) is 8.39. The maximum absolute atomic E-state index is 13.8. The Balaban J connectivity index is 1.47. The van der Waals surface area contributed by atoms with E-state index < -0.39 is 12.0 Å². The summed E-state index contributed by atoms with van der Waals surface area (Å²) in [7, 11) is 0. The van der Waals surface area contributed by atoms with E-state index in [1.165, 1.54) is 38.5 Å². The van der Waals surface area contributed by atoms with E-state index in [9.17, 15) is 8.78 Å². The summed E-state index contributed by atoms with van der Waals surface area (Å²) in [5.74, 6) is 2.42. The Hall–Kier alpha value is -0.180. The van der Waals surface area contributed by atoms with Gasteiger partial charge in [0, 0.05) is 5.92 Å². The van der Waals surface area contributed by atoms with Crippen LogP contribution in [-0.4, -0.2) is 12.2 Å². The molecule has 0 aromatic rings. The summed E-state index contributed by atoms with van der Waals surface area (Å²) in [6.07, 6.45) is 8.59. The minimum atomic E-state index is -2.90. The summed E-state index contributed by atoms with van der Waals surface area (Å²) < 4.78 is 32.8. The number of rotatable bonds is 2. The molecule has 22 heavy (non-hydrogen) atoms. The number of hydrogen-bond donors (Lipinski definition) is 0. The molecule has 1 aliphatic heterocycles. The first-order chi connectivity index (χ1) is 10.5. The molecule has 0 aromatic heterocycles. The molecular weight excluding hydrogens is 282 g/mol. The fraction of sp³-hybridized carbons (Fsp3) is 1.00. The molecule has 2 aliphatic carbocycles. The van der Waals surface area contributed by atoms with E-state index in [-0.39, 0.29) is 6.10 Å². The van der Waals surface area contributed by atoms with Crippen LogP contribution in [0.2, 0.25) is 0 Å². The smallest absolute Gasteiger partial charge is 0.317 e. The Kier molecular flexibility index (Phi) is 5.11. The fourth-order valence-corrected chi connectivity index (χ4v) is 5.04. The van der Waals surface area contributed by atoms with Gasteiger partial charge in [0.1, 0.15) is 0 Å². The highest BCUT2D eigenvalue weighted by atomic mass is 19.3. The van der Waals surface area contributed by atoms with Gasteiger partial charge in [-0.1, -0.05) is 26.7 Å². The van der Waals surface area contributed by atoms with Crippen LogP contribution in [0.5, 0.6) is 0 Å². The monoisotopic (exact) mass is 314 g/mol. The van der Waals surface area contributed by atoms with E-state index in [4.69, 9.17) is 4.74 Å². The molecule has 3 heteroatoms. The highest BCUT2D eigenvalue weighted by Gasteiger charge is 2.46. The highest BCUT2D eigenvalue weighted by Crippen LogP contribution is 2.45. The summed E-state index contributed by atoms with van der Waals surface area (Å²) in [5.41, 5.74) is 0. The van der Waals surface area contributed by atoms with Crippen LogP contribution in [0, 0.1) is 29.6 Å². The maximum atomic E-state index is 13.8. The molecule has 0 aromatic carbocycles. The average Bonchev–Trinajstić information content (AvgIpc) is 2.51. The zero-order chi connectivity index (χ0) is 15.7. The fourth-order valence-electron chi connectivity index (χ4n) is 5.04. The SMILES string of the molecule is CC1CCC(C2CCC(C3CCC(C)C(F)(F)O3)CC2)CC1. The lowest BCUT2D eigenvalue weighted by Crippen LogP contribution is -2.43. The topological polar surface area (TPSA) is 9.23 Å². The molecule has 3 rings (SSSR count). The molecule has 3 aliphatic rings. The maximum Gasteiger partial charge on any atom is 0.358 e. The van der Waals surface area contributed by atoms with Crippen molar-refractivity contribution in [1.29, 1.82) is 0 Å². The molecule has 2 saturated carbocycles. The quantitative estimate of drug-likeness (QED) is 0.605. The van der Waals surface area contributed by atoms with Crippen LogP contribution >= 0.6 is 0 Å². The van der Waals surface area contributed by atoms with E-state index in [2.05, 4.69) is 6.92 Å². The zero-order valence-corrected chi connectivity index (χ0v) is 14.2. The van der Waals surface area contributed by atoms with Gasteiger partial charge in [-0.2, -0.15) is 8.78 Å². The van der Waals surface area contributed by atoms with Crippen molar-refractivity contribution in [2.75, 3.05) is 0 Å². The van der Waals surface area contributed by atoms with Crippen LogP contribution in [0.4, 0.5) is 8.78 Å². The molecule has 1 saturated heterocycles. The minimum absolute atomic E-state index is 0.196. The van der Waals surface area contributed by atoms with E-state index in [1.54, 1.807) is 6.92 Å². The van der Waals surface area contributed by atoms with Gasteiger partial charge in [0.05, 0.1) is 6.10 Å². The summed E-state index contributed by atoms with van der Waals surface area (Å²) in [6, 6.07) is 0. The Morgan fingerprint density at radius 3 is 1.73 bits per heavy atom. The largest absolute Gasteiger partial charge is 0.358 e. The molecule has 2 unspecified atom stereocenters. The lowest BCUT2D eigenvalue weighted by molar-refractivity contribution is -0.319. The third-order valence-electron chi connectivity index (χ3n) is 6.84. The Morgan fingerprint density at radius 2 is 1.18 bits per heavy atom. The number of halogens is 2. The third kappa shape index (κ3) is 3.66. The van der Waals surface area contributed by atoms with Crippen molar-refractivity contribution in [2.24, 2.45) is 29.6 Å². The number of ether oxygens (including phenoxy) is 1. The van der Waals surface area contributed by atoms with Crippen LogP contribution in [0.15, 0.2) is 0 Å². The second kappa shape index (κ2) is 6.75. The third-order valence-corrected chi connectivity index (χ3v) is 6.84. The van der Waals surface area contributed by atoms with E-state index >= 15 is 0 Å². The van der Waals surface area contributed by atoms with Crippen LogP contribution in [0.25, 0.3) is 0 Å². The normalized spacial score (nSPS) is 46.4. The molecule has 0 bridgehead atoms. The van der Waals surface area contributed by atoms with Crippen LogP contribution < -0.4 is 0 Å². The van der Waals surface area contributed by atoms with Gasteiger partial charge >= 0.3 is 6.11 Å². The standard InChI is InChI=1S/C19H32F2O/c1-13-3-6-15(7-4-13)16-8-10-17(11-9-16)18-12-5-14(2)19(20,21)22-18/h13-18H,3-12H2,1-2H3. The van der Waals surface area contributed by atoms with Crippen molar-refractivity contribution >= 4 is 0 Å². The van der Waals surface area contributed by atoms with Crippen molar-refractivity contribution in [3.05, 3.63) is 0 Å². The molecule has 0 amide bonds. The first-order valence-electron chi connectivity index (χ1n) is 9.51. The van der Waals surface area contributed by atoms with Crippen molar-refractivity contribution in [3.8, 4) is 0 Å². The minimum Gasteiger partial charge on any atom is -0.317 e. The number of alkyl halides is 2. The van der Waals surface area contributed by atoms with Gasteiger partial charge in [-0.05, 0) is 75.0 Å². The molecular formula is C19H32F2O. The summed E-state index contributed by atoms with van der Waals surface area (Å²) >= 11 is 0. The van der Waals surface area contributed by atoms with Crippen LogP contribution in [0.3, 0.4) is 0 Å². The molecule has 1 nitrogen and oxygen atoms in total. The Morgan fingerprint density at radius 1 is 0.682 bits per heavy atom.